The maximum Gasteiger partial charge on any atom is 0.330 e. The average Bonchev–Trinajstić information content (AvgIpc) is 2.34. The molecule has 4 nitrogen and oxygen atoms in total. The molecule has 0 amide bonds. The first-order valence-electron chi connectivity index (χ1n) is 6.36. The van der Waals surface area contributed by atoms with E-state index in [2.05, 4.69) is 20.8 Å². The monoisotopic (exact) mass is 263 g/mol. The fourth-order valence-corrected chi connectivity index (χ4v) is 1.92. The van der Waals surface area contributed by atoms with Gasteiger partial charge in [-0.2, -0.15) is 0 Å². The molecule has 0 heterocycles. The molecule has 1 N–H and O–H groups in total. The summed E-state index contributed by atoms with van der Waals surface area (Å²) in [7, 11) is 0. The predicted octanol–water partition coefficient (Wildman–Crippen LogP) is -1.65. The van der Waals surface area contributed by atoms with Crippen LogP contribution in [0.2, 0.25) is 0 Å². The summed E-state index contributed by atoms with van der Waals surface area (Å²) in [5, 5.41) is 9.88. The highest BCUT2D eigenvalue weighted by molar-refractivity contribution is 5.81. The van der Waals surface area contributed by atoms with Gasteiger partial charge in [0, 0.05) is 6.08 Å². The van der Waals surface area contributed by atoms with Gasteiger partial charge in [-0.05, 0) is 27.7 Å². The van der Waals surface area contributed by atoms with E-state index in [1.807, 2.05) is 0 Å². The van der Waals surface area contributed by atoms with E-state index in [0.29, 0.717) is 6.54 Å². The predicted molar refractivity (Wildman–Crippen MR) is 68.5 cm³/mol. The van der Waals surface area contributed by atoms with Gasteiger partial charge in [0.25, 0.3) is 0 Å². The Hall–Kier alpha value is -0.940. The summed E-state index contributed by atoms with van der Waals surface area (Å²) in [4.78, 5) is 11.1. The van der Waals surface area contributed by atoms with Gasteiger partial charge in [-0.3, -0.25) is 0 Å². The Labute approximate surface area is 109 Å². The Kier molecular flexibility index (Phi) is 10.8. The Balaban J connectivity index is 0. The van der Waals surface area contributed by atoms with Gasteiger partial charge in [0.15, 0.2) is 0 Å². The number of hydrogen-bond acceptors (Lipinski definition) is 3. The second kappa shape index (κ2) is 10.0. The van der Waals surface area contributed by atoms with Gasteiger partial charge in [-0.1, -0.05) is 6.08 Å². The molecule has 0 bridgehead atoms. The molecule has 18 heavy (non-hydrogen) atoms. The third kappa shape index (κ3) is 6.71. The zero-order chi connectivity index (χ0) is 13.3. The van der Waals surface area contributed by atoms with E-state index in [-0.39, 0.29) is 11.3 Å². The van der Waals surface area contributed by atoms with Gasteiger partial charge in [0.05, 0.1) is 19.6 Å². The van der Waals surface area contributed by atoms with Crippen molar-refractivity contribution in [3.05, 3.63) is 12.2 Å². The Morgan fingerprint density at radius 1 is 1.28 bits per heavy atom. The minimum atomic E-state index is -0.593. The molecule has 0 rings (SSSR count). The van der Waals surface area contributed by atoms with Crippen molar-refractivity contribution in [1.82, 2.24) is 0 Å². The average molecular weight is 263 g/mol. The summed E-state index contributed by atoms with van der Waals surface area (Å²) >= 11 is 0. The van der Waals surface area contributed by atoms with Gasteiger partial charge >= 0.3 is 5.97 Å². The van der Waals surface area contributed by atoms with E-state index in [1.54, 1.807) is 13.0 Å². The van der Waals surface area contributed by atoms with E-state index < -0.39 is 12.1 Å². The fraction of sp³-hybridized carbons (Fsp3) is 0.769. The Morgan fingerprint density at radius 2 is 1.78 bits per heavy atom. The number of allylic oxidation sites excluding steroid dienone is 1. The largest absolute Gasteiger partial charge is 1.00 e. The van der Waals surface area contributed by atoms with Crippen LogP contribution in [0.15, 0.2) is 12.2 Å². The van der Waals surface area contributed by atoms with Gasteiger partial charge in [-0.25, -0.2) is 4.79 Å². The summed E-state index contributed by atoms with van der Waals surface area (Å²) in [6.07, 6.45) is 2.39. The van der Waals surface area contributed by atoms with Crippen LogP contribution in [0.5, 0.6) is 0 Å². The van der Waals surface area contributed by atoms with Crippen LogP contribution in [0.4, 0.5) is 0 Å². The molecule has 0 aliphatic heterocycles. The van der Waals surface area contributed by atoms with E-state index in [0.717, 1.165) is 24.1 Å². The molecule has 0 aliphatic rings. The molecule has 0 spiro atoms. The first-order valence-corrected chi connectivity index (χ1v) is 6.36. The van der Waals surface area contributed by atoms with Crippen molar-refractivity contribution >= 4 is 5.97 Å². The Morgan fingerprint density at radius 3 is 2.17 bits per heavy atom. The molecule has 0 aromatic heterocycles. The smallest absolute Gasteiger partial charge is 0.330 e. The van der Waals surface area contributed by atoms with E-state index in [9.17, 15) is 9.90 Å². The summed E-state index contributed by atoms with van der Waals surface area (Å²) in [5.41, 5.74) is 0. The number of aliphatic hydroxyl groups excluding tert-OH is 1. The lowest BCUT2D eigenvalue weighted by Gasteiger charge is -2.37. The number of ether oxygens (including phenoxy) is 1. The van der Waals surface area contributed by atoms with E-state index in [4.69, 9.17) is 4.74 Å². The number of hydrogen-bond donors (Lipinski definition) is 1. The number of carbonyl (C=O) groups excluding carboxylic acids is 1. The summed E-state index contributed by atoms with van der Waals surface area (Å²) in [6.45, 7) is 11.7. The van der Waals surface area contributed by atoms with Crippen molar-refractivity contribution in [3.8, 4) is 0 Å². The number of esters is 1. The number of nitrogens with zero attached hydrogens (tertiary/aromatic N) is 1. The van der Waals surface area contributed by atoms with Crippen molar-refractivity contribution in [3.63, 3.8) is 0 Å². The van der Waals surface area contributed by atoms with Gasteiger partial charge < -0.3 is 19.0 Å². The number of likely N-dealkylation sites (N-methyl/N-ethyl adjacent to an activating group) is 1. The van der Waals surface area contributed by atoms with Crippen LogP contribution in [0.3, 0.4) is 0 Å². The molecule has 0 aliphatic carbocycles. The Bertz CT molecular complexity index is 244. The summed E-state index contributed by atoms with van der Waals surface area (Å²) in [6, 6.07) is 0. The molecule has 108 valence electrons. The van der Waals surface area contributed by atoms with Gasteiger partial charge in [0.1, 0.15) is 19.3 Å². The van der Waals surface area contributed by atoms with E-state index in [1.165, 1.54) is 6.08 Å². The minimum Gasteiger partial charge on any atom is -1.00 e. The molecule has 0 aromatic carbocycles. The minimum absolute atomic E-state index is 0. The molecule has 0 fully saturated rings. The second-order valence-electron chi connectivity index (χ2n) is 4.26. The maximum atomic E-state index is 11.1. The highest BCUT2D eigenvalue weighted by atomic mass is 19.0. The highest BCUT2D eigenvalue weighted by Crippen LogP contribution is 2.07. The first kappa shape index (κ1) is 19.4. The molecule has 0 saturated heterocycles. The standard InChI is InChI=1S/C13H26NO3.FH/c1-5-9-13(16)17-11-12(15)10-14(6-2,7-3)8-4;/h5,9,12,15H,6-8,10-11H2,1-4H3;1H/q+1;/p-1. The zero-order valence-corrected chi connectivity index (χ0v) is 11.9. The normalized spacial score (nSPS) is 13.2. The van der Waals surface area contributed by atoms with Crippen LogP contribution in [0.25, 0.3) is 0 Å². The van der Waals surface area contributed by atoms with Crippen molar-refractivity contribution in [2.24, 2.45) is 0 Å². The number of halogens is 1. The number of quaternary nitrogens is 1. The quantitative estimate of drug-likeness (QED) is 0.324. The lowest BCUT2D eigenvalue weighted by atomic mass is 10.2. The molecular weight excluding hydrogens is 237 g/mol. The topological polar surface area (TPSA) is 46.5 Å². The van der Waals surface area contributed by atoms with Crippen molar-refractivity contribution < 1.29 is 23.8 Å². The number of rotatable bonds is 8. The lowest BCUT2D eigenvalue weighted by molar-refractivity contribution is -0.926. The fourth-order valence-electron chi connectivity index (χ4n) is 1.92. The van der Waals surface area contributed by atoms with Gasteiger partial charge in [-0.15, -0.1) is 0 Å². The second-order valence-corrected chi connectivity index (χ2v) is 4.26. The molecule has 5 heteroatoms. The first-order chi connectivity index (χ1) is 8.03. The van der Waals surface area contributed by atoms with E-state index >= 15 is 0 Å². The molecule has 0 radical (unpaired) electrons. The number of carbonyl (C=O) groups is 1. The van der Waals surface area contributed by atoms with Crippen molar-refractivity contribution in [2.45, 2.75) is 33.8 Å². The molecule has 0 aromatic rings. The van der Waals surface area contributed by atoms with Crippen LogP contribution < -0.4 is 4.70 Å². The van der Waals surface area contributed by atoms with Crippen LogP contribution >= 0.6 is 0 Å². The van der Waals surface area contributed by atoms with Gasteiger partial charge in [0.2, 0.25) is 0 Å². The maximum absolute atomic E-state index is 11.1. The van der Waals surface area contributed by atoms with Crippen LogP contribution in [0, 0.1) is 0 Å². The summed E-state index contributed by atoms with van der Waals surface area (Å²) in [5.74, 6) is -0.394. The van der Waals surface area contributed by atoms with Crippen LogP contribution in [0.1, 0.15) is 27.7 Å². The molecular formula is C13H26FNO3. The lowest BCUT2D eigenvalue weighted by Crippen LogP contribution is -3.00. The third-order valence-electron chi connectivity index (χ3n) is 3.33. The van der Waals surface area contributed by atoms with Crippen LogP contribution in [-0.2, 0) is 9.53 Å². The third-order valence-corrected chi connectivity index (χ3v) is 3.33. The molecule has 1 atom stereocenters. The highest BCUT2D eigenvalue weighted by Gasteiger charge is 2.25. The van der Waals surface area contributed by atoms with Crippen LogP contribution in [-0.4, -0.2) is 54.4 Å². The summed E-state index contributed by atoms with van der Waals surface area (Å²) < 4.78 is 5.79. The van der Waals surface area contributed by atoms with Crippen molar-refractivity contribution in [1.29, 1.82) is 0 Å². The SMILES string of the molecule is CC=CC(=O)OCC(O)C[N+](CC)(CC)CC.[F-]. The number of aliphatic hydroxyl groups is 1. The van der Waals surface area contributed by atoms with Crippen molar-refractivity contribution in [2.75, 3.05) is 32.8 Å². The molecule has 0 saturated carbocycles. The molecule has 1 unspecified atom stereocenters. The zero-order valence-electron chi connectivity index (χ0n) is 11.9.